The maximum absolute atomic E-state index is 11.6. The van der Waals surface area contributed by atoms with Gasteiger partial charge in [0.05, 0.1) is 6.54 Å². The van der Waals surface area contributed by atoms with E-state index in [0.29, 0.717) is 5.69 Å². The molecule has 0 aliphatic carbocycles. The third kappa shape index (κ3) is 4.17. The molecule has 110 valence electrons. The Morgan fingerprint density at radius 3 is 2.52 bits per heavy atom. The number of carbonyl (C=O) groups is 2. The zero-order chi connectivity index (χ0) is 15.4. The van der Waals surface area contributed by atoms with Crippen LogP contribution in [0.15, 0.2) is 40.9 Å². The Morgan fingerprint density at radius 2 is 1.81 bits per heavy atom. The van der Waals surface area contributed by atoms with E-state index >= 15 is 0 Å². The van der Waals surface area contributed by atoms with Crippen molar-refractivity contribution in [2.45, 2.75) is 6.10 Å². The first-order valence-electron chi connectivity index (χ1n) is 6.11. The number of aliphatic carboxylic acids is 1. The molecule has 0 saturated carbocycles. The minimum Gasteiger partial charge on any atom is -0.479 e. The molecule has 2 rings (SSSR count). The van der Waals surface area contributed by atoms with Gasteiger partial charge in [0.15, 0.2) is 6.10 Å². The highest BCUT2D eigenvalue weighted by Crippen LogP contribution is 2.22. The number of benzene rings is 2. The molecular formula is C14H13BrN2O4. The number of anilines is 1. The number of urea groups is 1. The number of aliphatic hydroxyl groups excluding tert-OH is 1. The molecule has 21 heavy (non-hydrogen) atoms. The molecule has 0 saturated heterocycles. The van der Waals surface area contributed by atoms with Crippen molar-refractivity contribution in [2.75, 3.05) is 11.9 Å². The fourth-order valence-electron chi connectivity index (χ4n) is 1.75. The van der Waals surface area contributed by atoms with Gasteiger partial charge >= 0.3 is 12.0 Å². The molecule has 2 amide bonds. The number of carbonyl (C=O) groups excluding carboxylic acids is 1. The van der Waals surface area contributed by atoms with Crippen LogP contribution in [0.5, 0.6) is 0 Å². The minimum atomic E-state index is -1.62. The molecule has 0 aliphatic rings. The van der Waals surface area contributed by atoms with Gasteiger partial charge in [-0.15, -0.1) is 0 Å². The molecular weight excluding hydrogens is 340 g/mol. The summed E-state index contributed by atoms with van der Waals surface area (Å²) in [7, 11) is 0. The van der Waals surface area contributed by atoms with E-state index in [2.05, 4.69) is 26.6 Å². The van der Waals surface area contributed by atoms with Crippen LogP contribution in [0.1, 0.15) is 0 Å². The Bertz CT molecular complexity index is 690. The fraction of sp³-hybridized carbons (Fsp3) is 0.143. The van der Waals surface area contributed by atoms with Crippen molar-refractivity contribution in [3.63, 3.8) is 0 Å². The van der Waals surface area contributed by atoms with Gasteiger partial charge in [0.2, 0.25) is 0 Å². The maximum atomic E-state index is 11.6. The maximum Gasteiger partial charge on any atom is 0.334 e. The van der Waals surface area contributed by atoms with E-state index in [1.165, 1.54) is 0 Å². The third-order valence-electron chi connectivity index (χ3n) is 2.80. The van der Waals surface area contributed by atoms with Crippen molar-refractivity contribution in [2.24, 2.45) is 0 Å². The topological polar surface area (TPSA) is 98.7 Å². The number of carboxylic acid groups (broad SMARTS) is 1. The summed E-state index contributed by atoms with van der Waals surface area (Å²) >= 11 is 3.39. The fourth-order valence-corrected chi connectivity index (χ4v) is 2.13. The van der Waals surface area contributed by atoms with E-state index in [4.69, 9.17) is 10.2 Å². The summed E-state index contributed by atoms with van der Waals surface area (Å²) in [6.07, 6.45) is -1.62. The second-order valence-electron chi connectivity index (χ2n) is 4.40. The lowest BCUT2D eigenvalue weighted by atomic mass is 10.1. The lowest BCUT2D eigenvalue weighted by molar-refractivity contribution is -0.146. The average Bonchev–Trinajstić information content (AvgIpc) is 2.44. The van der Waals surface area contributed by atoms with E-state index in [1.54, 1.807) is 12.1 Å². The Labute approximate surface area is 128 Å². The van der Waals surface area contributed by atoms with Crippen LogP contribution < -0.4 is 10.6 Å². The molecule has 2 aromatic carbocycles. The van der Waals surface area contributed by atoms with Crippen molar-refractivity contribution in [3.05, 3.63) is 40.9 Å². The average molecular weight is 353 g/mol. The summed E-state index contributed by atoms with van der Waals surface area (Å²) in [4.78, 5) is 22.0. The van der Waals surface area contributed by atoms with Gasteiger partial charge in [0, 0.05) is 10.2 Å². The van der Waals surface area contributed by atoms with Gasteiger partial charge < -0.3 is 20.8 Å². The molecule has 0 aliphatic heterocycles. The molecule has 0 radical (unpaired) electrons. The summed E-state index contributed by atoms with van der Waals surface area (Å²) in [6, 6.07) is 10.6. The van der Waals surface area contributed by atoms with Crippen molar-refractivity contribution in [3.8, 4) is 0 Å². The van der Waals surface area contributed by atoms with E-state index in [9.17, 15) is 9.59 Å². The number of hydrogen-bond acceptors (Lipinski definition) is 3. The number of nitrogens with one attached hydrogen (secondary N) is 2. The molecule has 0 aromatic heterocycles. The predicted octanol–water partition coefficient (Wildman–Crippen LogP) is 2.17. The van der Waals surface area contributed by atoms with Crippen LogP contribution in [0.2, 0.25) is 0 Å². The van der Waals surface area contributed by atoms with Crippen molar-refractivity contribution in [1.82, 2.24) is 5.32 Å². The highest BCUT2D eigenvalue weighted by atomic mass is 79.9. The molecule has 0 heterocycles. The molecule has 2 aromatic rings. The lowest BCUT2D eigenvalue weighted by Gasteiger charge is -2.10. The molecule has 1 unspecified atom stereocenters. The number of halogens is 1. The normalized spacial score (nSPS) is 11.9. The highest BCUT2D eigenvalue weighted by Gasteiger charge is 2.14. The summed E-state index contributed by atoms with van der Waals surface area (Å²) in [6.45, 7) is -0.359. The highest BCUT2D eigenvalue weighted by molar-refractivity contribution is 9.10. The van der Waals surface area contributed by atoms with Crippen molar-refractivity contribution < 1.29 is 19.8 Å². The summed E-state index contributed by atoms with van der Waals surface area (Å²) in [5.41, 5.74) is 0.576. The number of aliphatic hydroxyl groups is 1. The SMILES string of the molecule is O=C(NCC(O)C(=O)O)Nc1ccc2cc(Br)ccc2c1. The quantitative estimate of drug-likeness (QED) is 0.677. The van der Waals surface area contributed by atoms with Crippen LogP contribution >= 0.6 is 15.9 Å². The van der Waals surface area contributed by atoms with Gasteiger partial charge in [-0.2, -0.15) is 0 Å². The Kier molecular flexibility index (Phi) is 4.77. The second kappa shape index (κ2) is 6.55. The van der Waals surface area contributed by atoms with Gasteiger partial charge in [0.1, 0.15) is 0 Å². The Morgan fingerprint density at radius 1 is 1.14 bits per heavy atom. The van der Waals surface area contributed by atoms with Crippen LogP contribution in [-0.2, 0) is 4.79 Å². The van der Waals surface area contributed by atoms with Crippen LogP contribution in [0.25, 0.3) is 10.8 Å². The second-order valence-corrected chi connectivity index (χ2v) is 5.31. The minimum absolute atomic E-state index is 0.359. The molecule has 6 nitrogen and oxygen atoms in total. The standard InChI is InChI=1S/C14H13BrN2O4/c15-10-3-1-9-6-11(4-2-8(9)5-10)17-14(21)16-7-12(18)13(19)20/h1-6,12,18H,7H2,(H,19,20)(H2,16,17,21). The number of carboxylic acids is 1. The monoisotopic (exact) mass is 352 g/mol. The molecule has 0 spiro atoms. The van der Waals surface area contributed by atoms with Crippen LogP contribution in [0, 0.1) is 0 Å². The third-order valence-corrected chi connectivity index (χ3v) is 3.29. The molecule has 0 fully saturated rings. The summed E-state index contributed by atoms with van der Waals surface area (Å²) < 4.78 is 0.969. The lowest BCUT2D eigenvalue weighted by Crippen LogP contribution is -2.38. The van der Waals surface area contributed by atoms with E-state index in [1.807, 2.05) is 24.3 Å². The first kappa shape index (κ1) is 15.3. The van der Waals surface area contributed by atoms with Gasteiger partial charge in [-0.05, 0) is 35.0 Å². The number of amides is 2. The molecule has 7 heteroatoms. The number of rotatable bonds is 4. The van der Waals surface area contributed by atoms with E-state index in [0.717, 1.165) is 15.2 Å². The molecule has 1 atom stereocenters. The van der Waals surface area contributed by atoms with Crippen molar-refractivity contribution >= 4 is 44.4 Å². The van der Waals surface area contributed by atoms with Crippen LogP contribution in [-0.4, -0.2) is 34.9 Å². The van der Waals surface area contributed by atoms with E-state index in [-0.39, 0.29) is 6.54 Å². The zero-order valence-electron chi connectivity index (χ0n) is 10.8. The first-order valence-corrected chi connectivity index (χ1v) is 6.90. The smallest absolute Gasteiger partial charge is 0.334 e. The molecule has 0 bridgehead atoms. The zero-order valence-corrected chi connectivity index (χ0v) is 12.4. The predicted molar refractivity (Wildman–Crippen MR) is 82.3 cm³/mol. The summed E-state index contributed by atoms with van der Waals surface area (Å²) in [5.74, 6) is -1.38. The molecule has 4 N–H and O–H groups in total. The Hall–Kier alpha value is -2.12. The van der Waals surface area contributed by atoms with Gasteiger partial charge in [0.25, 0.3) is 0 Å². The summed E-state index contributed by atoms with van der Waals surface area (Å²) in [5, 5.41) is 24.4. The van der Waals surface area contributed by atoms with E-state index < -0.39 is 18.1 Å². The van der Waals surface area contributed by atoms with Gasteiger partial charge in [-0.25, -0.2) is 9.59 Å². The number of hydrogen-bond donors (Lipinski definition) is 4. The largest absolute Gasteiger partial charge is 0.479 e. The van der Waals surface area contributed by atoms with Gasteiger partial charge in [-0.3, -0.25) is 0 Å². The van der Waals surface area contributed by atoms with Crippen LogP contribution in [0.4, 0.5) is 10.5 Å². The Balaban J connectivity index is 2.01. The number of fused-ring (bicyclic) bond motifs is 1. The van der Waals surface area contributed by atoms with Crippen molar-refractivity contribution in [1.29, 1.82) is 0 Å². The first-order chi connectivity index (χ1) is 9.95. The van der Waals surface area contributed by atoms with Crippen LogP contribution in [0.3, 0.4) is 0 Å². The van der Waals surface area contributed by atoms with Gasteiger partial charge in [-0.1, -0.05) is 28.1 Å².